The Bertz CT molecular complexity index is 332. The summed E-state index contributed by atoms with van der Waals surface area (Å²) in [4.78, 5) is 0. The van der Waals surface area contributed by atoms with E-state index in [0.29, 0.717) is 25.9 Å². The molecule has 15 heavy (non-hydrogen) atoms. The molecule has 0 spiro atoms. The Morgan fingerprint density at radius 3 is 2.67 bits per heavy atom. The second kappa shape index (κ2) is 4.29. The Kier molecular flexibility index (Phi) is 3.03. The van der Waals surface area contributed by atoms with E-state index in [1.165, 1.54) is 0 Å². The molecular weight excluding hydrogens is 191 g/mol. The largest absolute Gasteiger partial charge is 0.326 e. The first-order valence-corrected chi connectivity index (χ1v) is 5.40. The lowest BCUT2D eigenvalue weighted by molar-refractivity contribution is 0.190. The van der Waals surface area contributed by atoms with Gasteiger partial charge in [0.2, 0.25) is 0 Å². The first-order chi connectivity index (χ1) is 7.23. The molecule has 1 aliphatic heterocycles. The molecule has 1 heterocycles. The van der Waals surface area contributed by atoms with E-state index in [2.05, 4.69) is 5.32 Å². The number of alkyl halides is 1. The first kappa shape index (κ1) is 10.6. The highest BCUT2D eigenvalue weighted by molar-refractivity contribution is 5.28. The van der Waals surface area contributed by atoms with Crippen molar-refractivity contribution in [3.63, 3.8) is 0 Å². The molecule has 0 aliphatic carbocycles. The number of benzene rings is 1. The number of halogens is 1. The summed E-state index contributed by atoms with van der Waals surface area (Å²) in [6.07, 6.45) is 1.08. The quantitative estimate of drug-likeness (QED) is 0.787. The van der Waals surface area contributed by atoms with Crippen molar-refractivity contribution < 1.29 is 4.39 Å². The predicted octanol–water partition coefficient (Wildman–Crippen LogP) is 1.39. The average Bonchev–Trinajstić information content (AvgIpc) is 2.66. The van der Waals surface area contributed by atoms with Gasteiger partial charge in [-0.1, -0.05) is 24.3 Å². The van der Waals surface area contributed by atoms with Crippen LogP contribution >= 0.6 is 0 Å². The van der Waals surface area contributed by atoms with Gasteiger partial charge in [0.25, 0.3) is 0 Å². The maximum atomic E-state index is 14.2. The van der Waals surface area contributed by atoms with E-state index in [1.54, 1.807) is 0 Å². The molecule has 1 saturated heterocycles. The van der Waals surface area contributed by atoms with Gasteiger partial charge in [0, 0.05) is 19.5 Å². The van der Waals surface area contributed by atoms with Crippen molar-refractivity contribution in [2.24, 2.45) is 5.73 Å². The van der Waals surface area contributed by atoms with Crippen LogP contribution in [0.2, 0.25) is 0 Å². The van der Waals surface area contributed by atoms with Gasteiger partial charge < -0.3 is 11.1 Å². The lowest BCUT2D eigenvalue weighted by Gasteiger charge is -2.19. The lowest BCUT2D eigenvalue weighted by Crippen LogP contribution is -2.29. The molecule has 0 bridgehead atoms. The molecule has 2 rings (SSSR count). The second-order valence-corrected chi connectivity index (χ2v) is 4.23. The Hall–Kier alpha value is -0.930. The van der Waals surface area contributed by atoms with Crippen LogP contribution in [0.15, 0.2) is 24.3 Å². The van der Waals surface area contributed by atoms with Crippen molar-refractivity contribution in [2.75, 3.05) is 13.1 Å². The van der Waals surface area contributed by atoms with Crippen molar-refractivity contribution >= 4 is 0 Å². The Balaban J connectivity index is 2.16. The normalized spacial score (nSPS) is 25.7. The van der Waals surface area contributed by atoms with Crippen LogP contribution in [0, 0.1) is 0 Å². The highest BCUT2D eigenvalue weighted by atomic mass is 19.1. The summed E-state index contributed by atoms with van der Waals surface area (Å²) in [6.45, 7) is 1.73. The summed E-state index contributed by atoms with van der Waals surface area (Å²) in [7, 11) is 0. The minimum Gasteiger partial charge on any atom is -0.326 e. The van der Waals surface area contributed by atoms with Gasteiger partial charge in [-0.3, -0.25) is 0 Å². The van der Waals surface area contributed by atoms with Crippen LogP contribution in [0.1, 0.15) is 17.5 Å². The molecule has 3 N–H and O–H groups in total. The molecule has 0 amide bonds. The topological polar surface area (TPSA) is 38.0 Å². The van der Waals surface area contributed by atoms with E-state index < -0.39 is 5.67 Å². The number of nitrogens with two attached hydrogens (primary N) is 1. The summed E-state index contributed by atoms with van der Waals surface area (Å²) in [5, 5.41) is 3.06. The zero-order valence-electron chi connectivity index (χ0n) is 8.80. The molecule has 3 heteroatoms. The fourth-order valence-corrected chi connectivity index (χ4v) is 2.13. The molecule has 0 radical (unpaired) electrons. The van der Waals surface area contributed by atoms with Gasteiger partial charge in [-0.05, 0) is 24.1 Å². The van der Waals surface area contributed by atoms with Gasteiger partial charge in [-0.25, -0.2) is 4.39 Å². The minimum atomic E-state index is -1.08. The number of hydrogen-bond donors (Lipinski definition) is 2. The van der Waals surface area contributed by atoms with Crippen molar-refractivity contribution in [3.8, 4) is 0 Å². The Labute approximate surface area is 89.7 Å². The van der Waals surface area contributed by atoms with Gasteiger partial charge in [-0.15, -0.1) is 0 Å². The van der Waals surface area contributed by atoms with Crippen molar-refractivity contribution in [1.82, 2.24) is 5.32 Å². The summed E-state index contributed by atoms with van der Waals surface area (Å²) < 4.78 is 14.2. The standard InChI is InChI=1S/C12H17FN2/c13-12(5-6-15-9-12)7-10-3-1-2-4-11(10)8-14/h1-4,15H,5-9,14H2. The molecule has 1 atom stereocenters. The van der Waals surface area contributed by atoms with Crippen LogP contribution in [0.5, 0.6) is 0 Å². The molecule has 1 aromatic carbocycles. The summed E-state index contributed by atoms with van der Waals surface area (Å²) in [5.41, 5.74) is 6.66. The van der Waals surface area contributed by atoms with E-state index in [9.17, 15) is 4.39 Å². The van der Waals surface area contributed by atoms with E-state index >= 15 is 0 Å². The predicted molar refractivity (Wildman–Crippen MR) is 59.4 cm³/mol. The molecule has 1 fully saturated rings. The van der Waals surface area contributed by atoms with Crippen molar-refractivity contribution in [1.29, 1.82) is 0 Å². The van der Waals surface area contributed by atoms with Gasteiger partial charge in [0.05, 0.1) is 0 Å². The fraction of sp³-hybridized carbons (Fsp3) is 0.500. The smallest absolute Gasteiger partial charge is 0.128 e. The molecule has 0 aromatic heterocycles. The zero-order chi connectivity index (χ0) is 10.7. The minimum absolute atomic E-state index is 0.464. The van der Waals surface area contributed by atoms with E-state index in [4.69, 9.17) is 5.73 Å². The van der Waals surface area contributed by atoms with Crippen molar-refractivity contribution in [3.05, 3.63) is 35.4 Å². The van der Waals surface area contributed by atoms with Crippen LogP contribution in [-0.4, -0.2) is 18.8 Å². The third-order valence-corrected chi connectivity index (χ3v) is 3.04. The highest BCUT2D eigenvalue weighted by Gasteiger charge is 2.33. The van der Waals surface area contributed by atoms with Gasteiger partial charge in [0.1, 0.15) is 5.67 Å². The summed E-state index contributed by atoms with van der Waals surface area (Å²) in [6, 6.07) is 7.84. The number of rotatable bonds is 3. The maximum absolute atomic E-state index is 14.2. The maximum Gasteiger partial charge on any atom is 0.128 e. The van der Waals surface area contributed by atoms with Crippen LogP contribution in [0.25, 0.3) is 0 Å². The second-order valence-electron chi connectivity index (χ2n) is 4.23. The SMILES string of the molecule is NCc1ccccc1CC1(F)CCNC1. The van der Waals surface area contributed by atoms with Crippen LogP contribution in [0.4, 0.5) is 4.39 Å². The molecule has 1 aliphatic rings. The van der Waals surface area contributed by atoms with E-state index in [0.717, 1.165) is 17.7 Å². The van der Waals surface area contributed by atoms with Gasteiger partial charge in [-0.2, -0.15) is 0 Å². The number of nitrogens with one attached hydrogen (secondary N) is 1. The molecule has 2 nitrogen and oxygen atoms in total. The highest BCUT2D eigenvalue weighted by Crippen LogP contribution is 2.26. The lowest BCUT2D eigenvalue weighted by atomic mass is 9.92. The molecule has 1 unspecified atom stereocenters. The third-order valence-electron chi connectivity index (χ3n) is 3.04. The van der Waals surface area contributed by atoms with Crippen LogP contribution in [0.3, 0.4) is 0 Å². The average molecular weight is 208 g/mol. The Morgan fingerprint density at radius 2 is 2.07 bits per heavy atom. The third kappa shape index (κ3) is 2.36. The molecule has 82 valence electrons. The van der Waals surface area contributed by atoms with E-state index in [1.807, 2.05) is 24.3 Å². The zero-order valence-corrected chi connectivity index (χ0v) is 8.80. The van der Waals surface area contributed by atoms with Gasteiger partial charge in [0.15, 0.2) is 0 Å². The molecule has 1 aromatic rings. The molecule has 0 saturated carbocycles. The Morgan fingerprint density at radius 1 is 1.33 bits per heavy atom. The fourth-order valence-electron chi connectivity index (χ4n) is 2.13. The van der Waals surface area contributed by atoms with Crippen LogP contribution in [-0.2, 0) is 13.0 Å². The van der Waals surface area contributed by atoms with Crippen molar-refractivity contribution in [2.45, 2.75) is 25.1 Å². The monoisotopic (exact) mass is 208 g/mol. The van der Waals surface area contributed by atoms with E-state index in [-0.39, 0.29) is 0 Å². The van der Waals surface area contributed by atoms with Crippen LogP contribution < -0.4 is 11.1 Å². The summed E-state index contributed by atoms with van der Waals surface area (Å²) >= 11 is 0. The number of hydrogen-bond acceptors (Lipinski definition) is 2. The first-order valence-electron chi connectivity index (χ1n) is 5.40. The molecular formula is C12H17FN2. The van der Waals surface area contributed by atoms with Gasteiger partial charge >= 0.3 is 0 Å². The summed E-state index contributed by atoms with van der Waals surface area (Å²) in [5.74, 6) is 0.